The molecule has 10 heteroatoms. The fourth-order valence-corrected chi connectivity index (χ4v) is 5.71. The largest absolute Gasteiger partial charge is 0.492 e. The Balaban J connectivity index is 1.87. The molecule has 0 aliphatic heterocycles. The van der Waals surface area contributed by atoms with Crippen LogP contribution in [0.15, 0.2) is 48.5 Å². The minimum atomic E-state index is -3.93. The average molecular weight is 442 g/mol. The van der Waals surface area contributed by atoms with Crippen LogP contribution in [-0.4, -0.2) is 61.0 Å². The molecule has 160 valence electrons. The minimum Gasteiger partial charge on any atom is -0.492 e. The molecule has 0 aliphatic rings. The second-order valence-corrected chi connectivity index (χ2v) is 10.8. The van der Waals surface area contributed by atoms with Gasteiger partial charge in [-0.05, 0) is 55.4 Å². The Labute approximate surface area is 173 Å². The van der Waals surface area contributed by atoms with Crippen molar-refractivity contribution in [3.05, 3.63) is 54.1 Å². The van der Waals surface area contributed by atoms with Crippen LogP contribution in [0.25, 0.3) is 0 Å². The second-order valence-electron chi connectivity index (χ2n) is 6.86. The number of nitrogens with two attached hydrogens (primary N) is 1. The van der Waals surface area contributed by atoms with E-state index in [4.69, 9.17) is 10.5 Å². The van der Waals surface area contributed by atoms with Crippen molar-refractivity contribution >= 4 is 31.4 Å². The molecule has 29 heavy (non-hydrogen) atoms. The maximum atomic E-state index is 11.8. The number of rotatable bonds is 10. The molecule has 0 spiro atoms. The zero-order chi connectivity index (χ0) is 21.7. The van der Waals surface area contributed by atoms with E-state index in [9.17, 15) is 16.8 Å². The SMILES string of the molecule is CN(CCOc1ccc(N)cc1)CCc1ccc(N(S(C)(=O)=O)S(C)(=O)=O)cc1. The molecular formula is C19H27N3O5S2. The van der Waals surface area contributed by atoms with Gasteiger partial charge >= 0.3 is 0 Å². The lowest BCUT2D eigenvalue weighted by Gasteiger charge is -2.20. The molecular weight excluding hydrogens is 414 g/mol. The van der Waals surface area contributed by atoms with E-state index in [2.05, 4.69) is 4.90 Å². The maximum absolute atomic E-state index is 11.8. The molecule has 2 N–H and O–H groups in total. The average Bonchev–Trinajstić information content (AvgIpc) is 2.60. The Hall–Kier alpha value is -2.30. The highest BCUT2D eigenvalue weighted by Gasteiger charge is 2.26. The summed E-state index contributed by atoms with van der Waals surface area (Å²) in [6.45, 7) is 2.04. The highest BCUT2D eigenvalue weighted by Crippen LogP contribution is 2.21. The molecule has 0 bridgehead atoms. The quantitative estimate of drug-likeness (QED) is 0.557. The van der Waals surface area contributed by atoms with Crippen LogP contribution in [0, 0.1) is 0 Å². The third-order valence-electron chi connectivity index (χ3n) is 4.15. The highest BCUT2D eigenvalue weighted by atomic mass is 32.3. The third-order valence-corrected chi connectivity index (χ3v) is 7.40. The molecule has 0 heterocycles. The molecule has 0 unspecified atom stereocenters. The van der Waals surface area contributed by atoms with Crippen molar-refractivity contribution in [1.82, 2.24) is 4.90 Å². The number of benzene rings is 2. The molecule has 0 aliphatic carbocycles. The monoisotopic (exact) mass is 441 g/mol. The summed E-state index contributed by atoms with van der Waals surface area (Å²) in [5, 5.41) is 0. The van der Waals surface area contributed by atoms with Gasteiger partial charge in [-0.1, -0.05) is 12.1 Å². The zero-order valence-corrected chi connectivity index (χ0v) is 18.4. The molecule has 8 nitrogen and oxygen atoms in total. The van der Waals surface area contributed by atoms with Gasteiger partial charge in [0.05, 0.1) is 18.2 Å². The van der Waals surface area contributed by atoms with E-state index in [1.807, 2.05) is 19.2 Å². The lowest BCUT2D eigenvalue weighted by Crippen LogP contribution is -2.35. The Morgan fingerprint density at radius 1 is 0.862 bits per heavy atom. The van der Waals surface area contributed by atoms with Crippen LogP contribution in [0.4, 0.5) is 11.4 Å². The van der Waals surface area contributed by atoms with Crippen LogP contribution < -0.4 is 14.2 Å². The molecule has 0 fully saturated rings. The van der Waals surface area contributed by atoms with Crippen molar-refractivity contribution in [1.29, 1.82) is 0 Å². The Kier molecular flexibility index (Phi) is 7.50. The van der Waals surface area contributed by atoms with Gasteiger partial charge in [-0.3, -0.25) is 0 Å². The summed E-state index contributed by atoms with van der Waals surface area (Å²) >= 11 is 0. The van der Waals surface area contributed by atoms with Crippen LogP contribution in [0.2, 0.25) is 0 Å². The van der Waals surface area contributed by atoms with Crippen LogP contribution in [0.5, 0.6) is 5.75 Å². The van der Waals surface area contributed by atoms with Gasteiger partial charge in [0.2, 0.25) is 20.0 Å². The predicted octanol–water partition coefficient (Wildman–Crippen LogP) is 1.55. The maximum Gasteiger partial charge on any atom is 0.245 e. The summed E-state index contributed by atoms with van der Waals surface area (Å²) in [7, 11) is -5.89. The first-order valence-corrected chi connectivity index (χ1v) is 12.6. The van der Waals surface area contributed by atoms with Crippen molar-refractivity contribution in [2.45, 2.75) is 6.42 Å². The number of hydrogen-bond acceptors (Lipinski definition) is 7. The molecule has 2 aromatic carbocycles. The summed E-state index contributed by atoms with van der Waals surface area (Å²) < 4.78 is 53.4. The number of likely N-dealkylation sites (N-methyl/N-ethyl adjacent to an activating group) is 1. The normalized spacial score (nSPS) is 12.1. The fourth-order valence-electron chi connectivity index (χ4n) is 2.73. The first-order chi connectivity index (χ1) is 13.5. The van der Waals surface area contributed by atoms with Gasteiger partial charge in [-0.2, -0.15) is 3.71 Å². The van der Waals surface area contributed by atoms with Gasteiger partial charge in [0.25, 0.3) is 0 Å². The number of nitrogens with zero attached hydrogens (tertiary/aromatic N) is 2. The fraction of sp³-hybridized carbons (Fsp3) is 0.368. The molecule has 0 aromatic heterocycles. The van der Waals surface area contributed by atoms with Crippen molar-refractivity contribution < 1.29 is 21.6 Å². The van der Waals surface area contributed by atoms with Gasteiger partial charge in [0.15, 0.2) is 0 Å². The van der Waals surface area contributed by atoms with E-state index in [1.165, 1.54) is 12.1 Å². The van der Waals surface area contributed by atoms with E-state index in [0.29, 0.717) is 16.0 Å². The Bertz CT molecular complexity index is 973. The van der Waals surface area contributed by atoms with E-state index in [0.717, 1.165) is 43.3 Å². The van der Waals surface area contributed by atoms with Gasteiger partial charge < -0.3 is 15.4 Å². The lowest BCUT2D eigenvalue weighted by atomic mass is 10.1. The predicted molar refractivity (Wildman–Crippen MR) is 116 cm³/mol. The van der Waals surface area contributed by atoms with Crippen molar-refractivity contribution in [2.75, 3.05) is 48.7 Å². The number of ether oxygens (including phenoxy) is 1. The van der Waals surface area contributed by atoms with Crippen molar-refractivity contribution in [2.24, 2.45) is 0 Å². The number of hydrogen-bond donors (Lipinski definition) is 1. The standard InChI is InChI=1S/C19H27N3O5S2/c1-21(14-15-27-19-10-6-17(20)7-11-19)13-12-16-4-8-18(9-5-16)22(28(2,23)24)29(3,25)26/h4-11H,12-15,20H2,1-3H3. The Morgan fingerprint density at radius 2 is 1.41 bits per heavy atom. The molecule has 0 radical (unpaired) electrons. The third kappa shape index (κ3) is 7.22. The molecule has 0 saturated carbocycles. The molecule has 0 amide bonds. The van der Waals surface area contributed by atoms with Gasteiger partial charge in [0.1, 0.15) is 12.4 Å². The van der Waals surface area contributed by atoms with Crippen LogP contribution in [0.1, 0.15) is 5.56 Å². The van der Waals surface area contributed by atoms with E-state index in [-0.39, 0.29) is 5.69 Å². The van der Waals surface area contributed by atoms with Gasteiger partial charge in [-0.15, -0.1) is 0 Å². The van der Waals surface area contributed by atoms with Crippen LogP contribution in [0.3, 0.4) is 0 Å². The summed E-state index contributed by atoms with van der Waals surface area (Å²) in [5.41, 5.74) is 7.41. The summed E-state index contributed by atoms with van der Waals surface area (Å²) in [6.07, 6.45) is 2.46. The molecule has 0 atom stereocenters. The molecule has 0 saturated heterocycles. The summed E-state index contributed by atoms with van der Waals surface area (Å²) in [5.74, 6) is 0.768. The molecule has 2 aromatic rings. The number of anilines is 2. The minimum absolute atomic E-state index is 0.101. The highest BCUT2D eigenvalue weighted by molar-refractivity contribution is 8.09. The topological polar surface area (TPSA) is 110 Å². The number of sulfonamides is 2. The van der Waals surface area contributed by atoms with Gasteiger partial charge in [-0.25, -0.2) is 16.8 Å². The van der Waals surface area contributed by atoms with Crippen LogP contribution >= 0.6 is 0 Å². The van der Waals surface area contributed by atoms with E-state index >= 15 is 0 Å². The lowest BCUT2D eigenvalue weighted by molar-refractivity contribution is 0.239. The summed E-state index contributed by atoms with van der Waals surface area (Å²) in [4.78, 5) is 2.12. The zero-order valence-electron chi connectivity index (χ0n) is 16.8. The Morgan fingerprint density at radius 3 is 1.93 bits per heavy atom. The molecule has 2 rings (SSSR count). The van der Waals surface area contributed by atoms with Crippen LogP contribution in [-0.2, 0) is 26.5 Å². The van der Waals surface area contributed by atoms with Crippen molar-refractivity contribution in [3.63, 3.8) is 0 Å². The number of nitrogen functional groups attached to an aromatic ring is 1. The second kappa shape index (κ2) is 9.47. The first kappa shape index (κ1) is 23.0. The van der Waals surface area contributed by atoms with Crippen molar-refractivity contribution in [3.8, 4) is 5.75 Å². The first-order valence-electron chi connectivity index (χ1n) is 8.93. The summed E-state index contributed by atoms with van der Waals surface area (Å²) in [6, 6.07) is 13.7. The smallest absolute Gasteiger partial charge is 0.245 e. The van der Waals surface area contributed by atoms with Gasteiger partial charge in [0, 0.05) is 18.8 Å². The van der Waals surface area contributed by atoms with E-state index < -0.39 is 20.0 Å². The van der Waals surface area contributed by atoms with E-state index in [1.54, 1.807) is 24.3 Å².